The lowest BCUT2D eigenvalue weighted by Crippen LogP contribution is -2.58. The summed E-state index contributed by atoms with van der Waals surface area (Å²) in [5.74, 6) is 1.38. The number of hydrogen-bond acceptors (Lipinski definition) is 5. The van der Waals surface area contributed by atoms with Crippen molar-refractivity contribution in [2.24, 2.45) is 11.8 Å². The highest BCUT2D eigenvalue weighted by Crippen LogP contribution is 2.48. The van der Waals surface area contributed by atoms with Crippen LogP contribution in [0.4, 0.5) is 0 Å². The predicted molar refractivity (Wildman–Crippen MR) is 95.7 cm³/mol. The van der Waals surface area contributed by atoms with Gasteiger partial charge in [0, 0.05) is 62.0 Å². The van der Waals surface area contributed by atoms with Crippen LogP contribution >= 0.6 is 0 Å². The number of aromatic nitrogens is 3. The van der Waals surface area contributed by atoms with Gasteiger partial charge in [-0.3, -0.25) is 9.88 Å². The lowest BCUT2D eigenvalue weighted by Gasteiger charge is -2.52. The Labute approximate surface area is 149 Å². The average Bonchev–Trinajstić information content (AvgIpc) is 2.64. The van der Waals surface area contributed by atoms with E-state index in [-0.39, 0.29) is 11.8 Å². The van der Waals surface area contributed by atoms with Gasteiger partial charge in [0.15, 0.2) is 0 Å². The molecule has 2 aromatic heterocycles. The minimum atomic E-state index is -0.779. The number of hydrogen-bond donors (Lipinski definition) is 1. The van der Waals surface area contributed by atoms with Crippen LogP contribution in [-0.4, -0.2) is 38.0 Å². The monoisotopic (exact) mass is 338 g/mol. The molecule has 1 aliphatic carbocycles. The molecule has 3 heterocycles. The summed E-state index contributed by atoms with van der Waals surface area (Å²) in [5, 5.41) is 11.6. The van der Waals surface area contributed by atoms with Crippen molar-refractivity contribution in [3.63, 3.8) is 0 Å². The van der Waals surface area contributed by atoms with E-state index in [0.717, 1.165) is 56.0 Å². The number of pyridine rings is 1. The van der Waals surface area contributed by atoms with Crippen LogP contribution in [0, 0.1) is 11.8 Å². The Kier molecular flexibility index (Phi) is 4.52. The molecule has 2 fully saturated rings. The van der Waals surface area contributed by atoms with Gasteiger partial charge in [-0.25, -0.2) is 9.97 Å². The summed E-state index contributed by atoms with van der Waals surface area (Å²) >= 11 is 0. The summed E-state index contributed by atoms with van der Waals surface area (Å²) in [4.78, 5) is 15.8. The van der Waals surface area contributed by atoms with E-state index in [2.05, 4.69) is 26.8 Å². The fourth-order valence-electron chi connectivity index (χ4n) is 4.59. The first-order chi connectivity index (χ1) is 12.2. The molecule has 2 atom stereocenters. The van der Waals surface area contributed by atoms with Gasteiger partial charge in [-0.05, 0) is 25.0 Å². The van der Waals surface area contributed by atoms with Crippen molar-refractivity contribution in [3.05, 3.63) is 53.9 Å². The number of nitrogens with zero attached hydrogens (tertiary/aromatic N) is 4. The standard InChI is InChI=1S/C20H26N4O/c1-2-19-22-10-15(11-23-19)12-24-13-16-6-5-7-17(14-24)20(16,25)18-8-3-4-9-21-18/h3-4,8-11,16-17,25H,2,5-7,12-14H2,1H3/t16-,17-/m1/s1. The van der Waals surface area contributed by atoms with Gasteiger partial charge in [-0.2, -0.15) is 0 Å². The topological polar surface area (TPSA) is 62.1 Å². The van der Waals surface area contributed by atoms with Gasteiger partial charge in [0.05, 0.1) is 5.69 Å². The van der Waals surface area contributed by atoms with Crippen LogP contribution in [0.2, 0.25) is 0 Å². The van der Waals surface area contributed by atoms with Crippen molar-refractivity contribution in [2.45, 2.75) is 44.8 Å². The molecule has 0 spiro atoms. The van der Waals surface area contributed by atoms with Gasteiger partial charge in [0.2, 0.25) is 0 Å². The largest absolute Gasteiger partial charge is 0.383 e. The molecule has 4 rings (SSSR count). The van der Waals surface area contributed by atoms with Crippen molar-refractivity contribution in [2.75, 3.05) is 13.1 Å². The molecule has 1 N–H and O–H groups in total. The maximum Gasteiger partial charge on any atom is 0.127 e. The highest BCUT2D eigenvalue weighted by Gasteiger charge is 2.52. The zero-order valence-corrected chi connectivity index (χ0v) is 14.8. The highest BCUT2D eigenvalue weighted by molar-refractivity contribution is 5.20. The van der Waals surface area contributed by atoms with E-state index in [0.29, 0.717) is 0 Å². The number of piperidine rings is 1. The molecular formula is C20H26N4O. The quantitative estimate of drug-likeness (QED) is 0.928. The number of likely N-dealkylation sites (tertiary alicyclic amines) is 1. The van der Waals surface area contributed by atoms with Crippen LogP contribution in [0.15, 0.2) is 36.8 Å². The van der Waals surface area contributed by atoms with Gasteiger partial charge in [-0.1, -0.05) is 19.4 Å². The molecule has 5 nitrogen and oxygen atoms in total. The molecule has 2 aromatic rings. The normalized spacial score (nSPS) is 29.5. The fraction of sp³-hybridized carbons (Fsp3) is 0.550. The summed E-state index contributed by atoms with van der Waals surface area (Å²) in [6, 6.07) is 5.88. The van der Waals surface area contributed by atoms with Gasteiger partial charge in [0.1, 0.15) is 11.4 Å². The van der Waals surface area contributed by atoms with Crippen LogP contribution in [-0.2, 0) is 18.6 Å². The third kappa shape index (κ3) is 3.07. The summed E-state index contributed by atoms with van der Waals surface area (Å²) in [7, 11) is 0. The van der Waals surface area contributed by atoms with Crippen LogP contribution in [0.25, 0.3) is 0 Å². The first-order valence-electron chi connectivity index (χ1n) is 9.36. The summed E-state index contributed by atoms with van der Waals surface area (Å²) in [6.45, 7) is 4.73. The second kappa shape index (κ2) is 6.81. The van der Waals surface area contributed by atoms with Gasteiger partial charge < -0.3 is 5.11 Å². The lowest BCUT2D eigenvalue weighted by atomic mass is 9.64. The smallest absolute Gasteiger partial charge is 0.127 e. The maximum atomic E-state index is 11.6. The third-order valence-corrected chi connectivity index (χ3v) is 5.86. The van der Waals surface area contributed by atoms with E-state index in [1.807, 2.05) is 30.6 Å². The molecule has 1 saturated carbocycles. The van der Waals surface area contributed by atoms with E-state index in [1.165, 1.54) is 6.42 Å². The lowest BCUT2D eigenvalue weighted by molar-refractivity contribution is -0.151. The van der Waals surface area contributed by atoms with Crippen molar-refractivity contribution in [1.82, 2.24) is 19.9 Å². The number of aryl methyl sites for hydroxylation is 1. The molecule has 0 unspecified atom stereocenters. The van der Waals surface area contributed by atoms with Crippen LogP contribution in [0.5, 0.6) is 0 Å². The van der Waals surface area contributed by atoms with Crippen molar-refractivity contribution >= 4 is 0 Å². The zero-order valence-electron chi connectivity index (χ0n) is 14.8. The second-order valence-corrected chi connectivity index (χ2v) is 7.42. The molecule has 2 bridgehead atoms. The molecule has 1 aliphatic heterocycles. The summed E-state index contributed by atoms with van der Waals surface area (Å²) < 4.78 is 0. The minimum absolute atomic E-state index is 0.241. The Hall–Kier alpha value is -1.85. The average molecular weight is 338 g/mol. The molecule has 0 aromatic carbocycles. The minimum Gasteiger partial charge on any atom is -0.383 e. The first-order valence-corrected chi connectivity index (χ1v) is 9.36. The van der Waals surface area contributed by atoms with E-state index in [4.69, 9.17) is 0 Å². The number of rotatable bonds is 4. The molecule has 0 radical (unpaired) electrons. The second-order valence-electron chi connectivity index (χ2n) is 7.42. The SMILES string of the molecule is CCc1ncc(CN2C[C@H]3CCC[C@H](C2)C3(O)c2ccccn2)cn1. The van der Waals surface area contributed by atoms with E-state index < -0.39 is 5.60 Å². The molecular weight excluding hydrogens is 312 g/mol. The van der Waals surface area contributed by atoms with Gasteiger partial charge >= 0.3 is 0 Å². The van der Waals surface area contributed by atoms with Gasteiger partial charge in [-0.15, -0.1) is 0 Å². The van der Waals surface area contributed by atoms with Crippen molar-refractivity contribution in [1.29, 1.82) is 0 Å². The van der Waals surface area contributed by atoms with Crippen LogP contribution < -0.4 is 0 Å². The molecule has 5 heteroatoms. The van der Waals surface area contributed by atoms with Crippen LogP contribution in [0.1, 0.15) is 43.3 Å². The Bertz CT molecular complexity index is 689. The van der Waals surface area contributed by atoms with E-state index in [9.17, 15) is 5.11 Å². The van der Waals surface area contributed by atoms with E-state index >= 15 is 0 Å². The predicted octanol–water partition coefficient (Wildman–Crippen LogP) is 2.55. The third-order valence-electron chi connectivity index (χ3n) is 5.86. The molecule has 25 heavy (non-hydrogen) atoms. The number of aliphatic hydroxyl groups is 1. The van der Waals surface area contributed by atoms with Gasteiger partial charge in [0.25, 0.3) is 0 Å². The summed E-state index contributed by atoms with van der Waals surface area (Å²) in [6.07, 6.45) is 9.87. The molecule has 132 valence electrons. The van der Waals surface area contributed by atoms with E-state index in [1.54, 1.807) is 6.20 Å². The van der Waals surface area contributed by atoms with Crippen molar-refractivity contribution < 1.29 is 5.11 Å². The molecule has 1 saturated heterocycles. The first kappa shape index (κ1) is 16.6. The highest BCUT2D eigenvalue weighted by atomic mass is 16.3. The fourth-order valence-corrected chi connectivity index (χ4v) is 4.59. The van der Waals surface area contributed by atoms with Crippen LogP contribution in [0.3, 0.4) is 0 Å². The Morgan fingerprint density at radius 2 is 1.84 bits per heavy atom. The molecule has 0 amide bonds. The Morgan fingerprint density at radius 3 is 2.44 bits per heavy atom. The Morgan fingerprint density at radius 1 is 1.12 bits per heavy atom. The number of fused-ring (bicyclic) bond motifs is 2. The van der Waals surface area contributed by atoms with Crippen molar-refractivity contribution in [3.8, 4) is 0 Å². The maximum absolute atomic E-state index is 11.6. The summed E-state index contributed by atoms with van der Waals surface area (Å²) in [5.41, 5.74) is 1.22. The molecule has 2 aliphatic rings. The zero-order chi connectivity index (χ0) is 17.3. The Balaban J connectivity index is 1.53.